The first-order chi connectivity index (χ1) is 5.73. The maximum absolute atomic E-state index is 10.3. The maximum Gasteiger partial charge on any atom is 0.0915 e. The van der Waals surface area contributed by atoms with Gasteiger partial charge in [-0.25, -0.2) is 0 Å². The Morgan fingerprint density at radius 3 is 3.00 bits per heavy atom. The Bertz CT molecular complexity index is 210. The molecule has 0 bridgehead atoms. The molecule has 68 valence electrons. The third-order valence-corrected chi connectivity index (χ3v) is 3.28. The lowest BCUT2D eigenvalue weighted by Gasteiger charge is -2.28. The topological polar surface area (TPSA) is 29.5 Å². The van der Waals surface area contributed by atoms with Gasteiger partial charge in [-0.1, -0.05) is 6.92 Å². The highest BCUT2D eigenvalue weighted by Gasteiger charge is 2.42. The van der Waals surface area contributed by atoms with Gasteiger partial charge in [0.15, 0.2) is 0 Å². The summed E-state index contributed by atoms with van der Waals surface area (Å²) in [7, 11) is 0. The number of hydrogen-bond donors (Lipinski definition) is 1. The summed E-state index contributed by atoms with van der Waals surface area (Å²) in [6.45, 7) is 2.89. The second kappa shape index (κ2) is 2.77. The van der Waals surface area contributed by atoms with Crippen molar-refractivity contribution < 1.29 is 9.84 Å². The fraction of sp³-hybridized carbons (Fsp3) is 0.800. The molecule has 1 heterocycles. The molecule has 2 heteroatoms. The van der Waals surface area contributed by atoms with Crippen molar-refractivity contribution in [1.82, 2.24) is 0 Å². The van der Waals surface area contributed by atoms with Crippen LogP contribution in [-0.4, -0.2) is 17.3 Å². The Morgan fingerprint density at radius 2 is 2.50 bits per heavy atom. The van der Waals surface area contributed by atoms with Crippen LogP contribution in [0.15, 0.2) is 11.8 Å². The Hall–Kier alpha value is -0.500. The largest absolute Gasteiger partial charge is 0.501 e. The zero-order valence-corrected chi connectivity index (χ0v) is 7.55. The van der Waals surface area contributed by atoms with Crippen LogP contribution in [0.2, 0.25) is 0 Å². The lowest BCUT2D eigenvalue weighted by molar-refractivity contribution is 0.0443. The predicted molar refractivity (Wildman–Crippen MR) is 46.6 cm³/mol. The number of rotatable bonds is 1. The highest BCUT2D eigenvalue weighted by Crippen LogP contribution is 2.42. The van der Waals surface area contributed by atoms with Gasteiger partial charge in [-0.3, -0.25) is 0 Å². The smallest absolute Gasteiger partial charge is 0.0915 e. The van der Waals surface area contributed by atoms with Crippen molar-refractivity contribution in [3.8, 4) is 0 Å². The molecule has 0 saturated heterocycles. The van der Waals surface area contributed by atoms with Gasteiger partial charge in [0.25, 0.3) is 0 Å². The molecule has 2 atom stereocenters. The number of aliphatic hydroxyl groups is 1. The molecule has 1 fully saturated rings. The van der Waals surface area contributed by atoms with E-state index in [1.165, 1.54) is 0 Å². The van der Waals surface area contributed by atoms with Crippen LogP contribution in [0.4, 0.5) is 0 Å². The molecule has 2 unspecified atom stereocenters. The van der Waals surface area contributed by atoms with Gasteiger partial charge in [-0.05, 0) is 30.8 Å². The van der Waals surface area contributed by atoms with Crippen LogP contribution < -0.4 is 0 Å². The first-order valence-corrected chi connectivity index (χ1v) is 4.77. The van der Waals surface area contributed by atoms with Gasteiger partial charge >= 0.3 is 0 Å². The molecular formula is C10H16O2. The first kappa shape index (κ1) is 8.11. The summed E-state index contributed by atoms with van der Waals surface area (Å²) in [6, 6.07) is 0. The van der Waals surface area contributed by atoms with E-state index in [0.29, 0.717) is 5.92 Å². The first-order valence-electron chi connectivity index (χ1n) is 4.77. The fourth-order valence-corrected chi connectivity index (χ4v) is 2.35. The molecule has 1 aliphatic carbocycles. The lowest BCUT2D eigenvalue weighted by atomic mass is 9.84. The van der Waals surface area contributed by atoms with Gasteiger partial charge in [-0.15, -0.1) is 0 Å². The Labute approximate surface area is 73.2 Å². The molecule has 2 rings (SSSR count). The van der Waals surface area contributed by atoms with E-state index in [0.717, 1.165) is 37.9 Å². The Morgan fingerprint density at radius 1 is 1.67 bits per heavy atom. The Balaban J connectivity index is 2.18. The molecule has 1 N–H and O–H groups in total. The molecular weight excluding hydrogens is 152 g/mol. The van der Waals surface area contributed by atoms with Gasteiger partial charge in [0.1, 0.15) is 0 Å². The van der Waals surface area contributed by atoms with Crippen molar-refractivity contribution in [3.05, 3.63) is 11.8 Å². The number of hydrogen-bond acceptors (Lipinski definition) is 2. The average molecular weight is 168 g/mol. The molecule has 0 radical (unpaired) electrons. The van der Waals surface area contributed by atoms with E-state index in [1.807, 2.05) is 0 Å². The standard InChI is InChI=1S/C10H16O2/c1-8-3-2-5-10(8,11)9-4-6-12-7-9/h7-8,11H,2-6H2,1H3. The monoisotopic (exact) mass is 168 g/mol. The summed E-state index contributed by atoms with van der Waals surface area (Å²) in [4.78, 5) is 0. The molecule has 12 heavy (non-hydrogen) atoms. The Kier molecular flexibility index (Phi) is 1.87. The fourth-order valence-electron chi connectivity index (χ4n) is 2.35. The van der Waals surface area contributed by atoms with Crippen molar-refractivity contribution in [3.63, 3.8) is 0 Å². The molecule has 1 saturated carbocycles. The van der Waals surface area contributed by atoms with Crippen LogP contribution in [0, 0.1) is 5.92 Å². The van der Waals surface area contributed by atoms with Crippen LogP contribution in [0.25, 0.3) is 0 Å². The summed E-state index contributed by atoms with van der Waals surface area (Å²) in [5.41, 5.74) is 0.587. The quantitative estimate of drug-likeness (QED) is 0.647. The van der Waals surface area contributed by atoms with Crippen LogP contribution in [0.1, 0.15) is 32.6 Å². The summed E-state index contributed by atoms with van der Waals surface area (Å²) >= 11 is 0. The van der Waals surface area contributed by atoms with Gasteiger partial charge in [0.05, 0.1) is 18.5 Å². The predicted octanol–water partition coefficient (Wildman–Crippen LogP) is 1.84. The zero-order valence-electron chi connectivity index (χ0n) is 7.55. The van der Waals surface area contributed by atoms with E-state index < -0.39 is 5.60 Å². The minimum Gasteiger partial charge on any atom is -0.501 e. The van der Waals surface area contributed by atoms with Gasteiger partial charge < -0.3 is 9.84 Å². The molecule has 0 aromatic carbocycles. The summed E-state index contributed by atoms with van der Waals surface area (Å²) in [5.74, 6) is 0.408. The summed E-state index contributed by atoms with van der Waals surface area (Å²) in [5, 5.41) is 10.3. The molecule has 0 amide bonds. The SMILES string of the molecule is CC1CCCC1(O)C1=COCC1. The van der Waals surface area contributed by atoms with Crippen LogP contribution in [-0.2, 0) is 4.74 Å². The third-order valence-electron chi connectivity index (χ3n) is 3.28. The van der Waals surface area contributed by atoms with Gasteiger partial charge in [-0.2, -0.15) is 0 Å². The molecule has 0 aromatic heterocycles. The van der Waals surface area contributed by atoms with Crippen molar-refractivity contribution in [1.29, 1.82) is 0 Å². The van der Waals surface area contributed by atoms with E-state index in [2.05, 4.69) is 6.92 Å². The molecule has 1 aliphatic heterocycles. The van der Waals surface area contributed by atoms with Crippen molar-refractivity contribution in [2.45, 2.75) is 38.2 Å². The van der Waals surface area contributed by atoms with Crippen LogP contribution in [0.3, 0.4) is 0 Å². The zero-order chi connectivity index (χ0) is 8.60. The van der Waals surface area contributed by atoms with Crippen molar-refractivity contribution >= 4 is 0 Å². The average Bonchev–Trinajstić information content (AvgIpc) is 2.62. The van der Waals surface area contributed by atoms with E-state index >= 15 is 0 Å². The van der Waals surface area contributed by atoms with Crippen LogP contribution in [0.5, 0.6) is 0 Å². The van der Waals surface area contributed by atoms with Gasteiger partial charge in [0, 0.05) is 6.42 Å². The maximum atomic E-state index is 10.3. The van der Waals surface area contributed by atoms with Gasteiger partial charge in [0.2, 0.25) is 0 Å². The van der Waals surface area contributed by atoms with E-state index in [-0.39, 0.29) is 0 Å². The number of ether oxygens (including phenoxy) is 1. The highest BCUT2D eigenvalue weighted by atomic mass is 16.5. The van der Waals surface area contributed by atoms with E-state index in [1.54, 1.807) is 6.26 Å². The molecule has 0 spiro atoms. The summed E-state index contributed by atoms with van der Waals surface area (Å²) < 4.78 is 5.16. The lowest BCUT2D eigenvalue weighted by Crippen LogP contribution is -2.33. The van der Waals surface area contributed by atoms with Crippen LogP contribution >= 0.6 is 0 Å². The second-order valence-electron chi connectivity index (χ2n) is 3.98. The highest BCUT2D eigenvalue weighted by molar-refractivity contribution is 5.20. The normalized spacial score (nSPS) is 41.2. The minimum atomic E-state index is -0.531. The third kappa shape index (κ3) is 1.06. The van der Waals surface area contributed by atoms with E-state index in [4.69, 9.17) is 4.74 Å². The van der Waals surface area contributed by atoms with Crippen molar-refractivity contribution in [2.24, 2.45) is 5.92 Å². The van der Waals surface area contributed by atoms with Crippen molar-refractivity contribution in [2.75, 3.05) is 6.61 Å². The molecule has 2 nitrogen and oxygen atoms in total. The minimum absolute atomic E-state index is 0.408. The second-order valence-corrected chi connectivity index (χ2v) is 3.98. The summed E-state index contributed by atoms with van der Waals surface area (Å²) in [6.07, 6.45) is 5.90. The molecule has 2 aliphatic rings. The van der Waals surface area contributed by atoms with E-state index in [9.17, 15) is 5.11 Å². The molecule has 0 aromatic rings.